The highest BCUT2D eigenvalue weighted by molar-refractivity contribution is 4.80. The molecule has 2 saturated heterocycles. The SMILES string of the molecule is C1CCN2CCN[C@@H]2C1. The zero-order valence-electron chi connectivity index (χ0n) is 5.77. The summed E-state index contributed by atoms with van der Waals surface area (Å²) in [6, 6.07) is 0. The molecule has 0 aliphatic carbocycles. The van der Waals surface area contributed by atoms with Crippen LogP contribution in [-0.2, 0) is 0 Å². The van der Waals surface area contributed by atoms with E-state index in [1.54, 1.807) is 0 Å². The van der Waals surface area contributed by atoms with Gasteiger partial charge in [-0.05, 0) is 25.8 Å². The number of hydrogen-bond donors (Lipinski definition) is 1. The Kier molecular flexibility index (Phi) is 1.44. The number of piperidine rings is 1. The minimum atomic E-state index is 0.749. The van der Waals surface area contributed by atoms with Crippen LogP contribution in [0.15, 0.2) is 0 Å². The van der Waals surface area contributed by atoms with E-state index in [0.29, 0.717) is 0 Å². The summed E-state index contributed by atoms with van der Waals surface area (Å²) in [5.74, 6) is 0. The third kappa shape index (κ3) is 0.970. The van der Waals surface area contributed by atoms with E-state index in [2.05, 4.69) is 10.2 Å². The van der Waals surface area contributed by atoms with Gasteiger partial charge in [0.2, 0.25) is 0 Å². The van der Waals surface area contributed by atoms with E-state index in [1.807, 2.05) is 0 Å². The molecule has 0 aromatic heterocycles. The van der Waals surface area contributed by atoms with Crippen molar-refractivity contribution in [2.45, 2.75) is 25.4 Å². The topological polar surface area (TPSA) is 15.3 Å². The molecule has 0 amide bonds. The summed E-state index contributed by atoms with van der Waals surface area (Å²) in [5.41, 5.74) is 0. The summed E-state index contributed by atoms with van der Waals surface area (Å²) >= 11 is 0. The number of fused-ring (bicyclic) bond motifs is 1. The molecule has 2 rings (SSSR count). The Bertz CT molecular complexity index is 91.1. The van der Waals surface area contributed by atoms with Gasteiger partial charge in [-0.25, -0.2) is 0 Å². The molecule has 0 bridgehead atoms. The Morgan fingerprint density at radius 3 is 3.11 bits per heavy atom. The molecule has 0 spiro atoms. The van der Waals surface area contributed by atoms with Gasteiger partial charge >= 0.3 is 0 Å². The second-order valence-corrected chi connectivity index (χ2v) is 3.00. The standard InChI is InChI=1S/C7H14N2/c1-2-5-9-6-4-8-7(9)3-1/h7-8H,1-6H2/t7-/m0/s1. The molecular weight excluding hydrogens is 112 g/mol. The van der Waals surface area contributed by atoms with Gasteiger partial charge < -0.3 is 5.32 Å². The molecule has 1 atom stereocenters. The van der Waals surface area contributed by atoms with Crippen LogP contribution in [0.1, 0.15) is 19.3 Å². The van der Waals surface area contributed by atoms with Crippen molar-refractivity contribution in [3.05, 3.63) is 0 Å². The molecule has 0 aromatic carbocycles. The maximum atomic E-state index is 3.48. The van der Waals surface area contributed by atoms with E-state index in [1.165, 1.54) is 38.9 Å². The lowest BCUT2D eigenvalue weighted by Crippen LogP contribution is -2.39. The van der Waals surface area contributed by atoms with Crippen molar-refractivity contribution in [1.82, 2.24) is 10.2 Å². The summed E-state index contributed by atoms with van der Waals surface area (Å²) in [7, 11) is 0. The fraction of sp³-hybridized carbons (Fsp3) is 1.00. The third-order valence-electron chi connectivity index (χ3n) is 2.39. The van der Waals surface area contributed by atoms with Crippen LogP contribution in [0, 0.1) is 0 Å². The normalized spacial score (nSPS) is 36.7. The van der Waals surface area contributed by atoms with Gasteiger partial charge in [-0.1, -0.05) is 0 Å². The highest BCUT2D eigenvalue weighted by atomic mass is 15.3. The van der Waals surface area contributed by atoms with E-state index >= 15 is 0 Å². The van der Waals surface area contributed by atoms with Crippen LogP contribution >= 0.6 is 0 Å². The first-order valence-electron chi connectivity index (χ1n) is 3.94. The van der Waals surface area contributed by atoms with Crippen LogP contribution in [-0.4, -0.2) is 30.7 Å². The lowest BCUT2D eigenvalue weighted by Gasteiger charge is -2.28. The molecule has 0 saturated carbocycles. The number of nitrogens with one attached hydrogen (secondary N) is 1. The molecular formula is C7H14N2. The van der Waals surface area contributed by atoms with E-state index in [9.17, 15) is 0 Å². The van der Waals surface area contributed by atoms with Gasteiger partial charge in [-0.3, -0.25) is 4.90 Å². The van der Waals surface area contributed by atoms with E-state index in [0.717, 1.165) is 6.17 Å². The van der Waals surface area contributed by atoms with Crippen molar-refractivity contribution in [3.63, 3.8) is 0 Å². The first-order chi connectivity index (χ1) is 4.47. The predicted molar refractivity (Wildman–Crippen MR) is 37.2 cm³/mol. The molecule has 52 valence electrons. The lowest BCUT2D eigenvalue weighted by molar-refractivity contribution is 0.186. The summed E-state index contributed by atoms with van der Waals surface area (Å²) in [6.07, 6.45) is 4.96. The fourth-order valence-corrected chi connectivity index (χ4v) is 1.86. The monoisotopic (exact) mass is 126 g/mol. The largest absolute Gasteiger partial charge is 0.300 e. The zero-order valence-corrected chi connectivity index (χ0v) is 5.77. The van der Waals surface area contributed by atoms with Crippen molar-refractivity contribution in [2.75, 3.05) is 19.6 Å². The molecule has 2 aliphatic heterocycles. The van der Waals surface area contributed by atoms with Crippen molar-refractivity contribution < 1.29 is 0 Å². The molecule has 0 radical (unpaired) electrons. The quantitative estimate of drug-likeness (QED) is 0.505. The van der Waals surface area contributed by atoms with Gasteiger partial charge in [0.25, 0.3) is 0 Å². The average molecular weight is 126 g/mol. The van der Waals surface area contributed by atoms with E-state index in [4.69, 9.17) is 0 Å². The van der Waals surface area contributed by atoms with Crippen LogP contribution in [0.5, 0.6) is 0 Å². The molecule has 2 heterocycles. The summed E-state index contributed by atoms with van der Waals surface area (Å²) in [6.45, 7) is 3.83. The summed E-state index contributed by atoms with van der Waals surface area (Å²) in [5, 5.41) is 3.48. The van der Waals surface area contributed by atoms with Crippen molar-refractivity contribution in [3.8, 4) is 0 Å². The highest BCUT2D eigenvalue weighted by Gasteiger charge is 2.25. The van der Waals surface area contributed by atoms with Gasteiger partial charge in [0.1, 0.15) is 0 Å². The number of nitrogens with zero attached hydrogens (tertiary/aromatic N) is 1. The lowest BCUT2D eigenvalue weighted by atomic mass is 10.1. The first kappa shape index (κ1) is 5.69. The maximum absolute atomic E-state index is 3.48. The molecule has 2 fully saturated rings. The highest BCUT2D eigenvalue weighted by Crippen LogP contribution is 2.16. The van der Waals surface area contributed by atoms with Crippen LogP contribution in [0.2, 0.25) is 0 Å². The Hall–Kier alpha value is -0.0800. The molecule has 0 unspecified atom stereocenters. The Balaban J connectivity index is 1.97. The number of hydrogen-bond acceptors (Lipinski definition) is 2. The summed E-state index contributed by atoms with van der Waals surface area (Å²) < 4.78 is 0. The van der Waals surface area contributed by atoms with Gasteiger partial charge in [0.15, 0.2) is 0 Å². The van der Waals surface area contributed by atoms with E-state index < -0.39 is 0 Å². The smallest absolute Gasteiger partial charge is 0.0597 e. The molecule has 2 nitrogen and oxygen atoms in total. The van der Waals surface area contributed by atoms with Gasteiger partial charge in [0, 0.05) is 13.1 Å². The Morgan fingerprint density at radius 1 is 1.22 bits per heavy atom. The average Bonchev–Trinajstić information content (AvgIpc) is 2.33. The minimum Gasteiger partial charge on any atom is -0.300 e. The second-order valence-electron chi connectivity index (χ2n) is 3.00. The van der Waals surface area contributed by atoms with Gasteiger partial charge in [-0.2, -0.15) is 0 Å². The molecule has 9 heavy (non-hydrogen) atoms. The fourth-order valence-electron chi connectivity index (χ4n) is 1.86. The second kappa shape index (κ2) is 2.27. The van der Waals surface area contributed by atoms with Crippen molar-refractivity contribution in [2.24, 2.45) is 0 Å². The van der Waals surface area contributed by atoms with Gasteiger partial charge in [-0.15, -0.1) is 0 Å². The Morgan fingerprint density at radius 2 is 2.22 bits per heavy atom. The molecule has 0 aromatic rings. The molecule has 2 heteroatoms. The number of rotatable bonds is 0. The Labute approximate surface area is 56.2 Å². The first-order valence-corrected chi connectivity index (χ1v) is 3.94. The van der Waals surface area contributed by atoms with E-state index in [-0.39, 0.29) is 0 Å². The molecule has 2 aliphatic rings. The maximum Gasteiger partial charge on any atom is 0.0597 e. The van der Waals surface area contributed by atoms with Crippen molar-refractivity contribution >= 4 is 0 Å². The summed E-state index contributed by atoms with van der Waals surface area (Å²) in [4.78, 5) is 2.56. The van der Waals surface area contributed by atoms with Crippen LogP contribution < -0.4 is 5.32 Å². The van der Waals surface area contributed by atoms with Crippen molar-refractivity contribution in [1.29, 1.82) is 0 Å². The third-order valence-corrected chi connectivity index (χ3v) is 2.39. The van der Waals surface area contributed by atoms with Crippen LogP contribution in [0.3, 0.4) is 0 Å². The molecule has 1 N–H and O–H groups in total. The van der Waals surface area contributed by atoms with Crippen LogP contribution in [0.4, 0.5) is 0 Å². The van der Waals surface area contributed by atoms with Crippen LogP contribution in [0.25, 0.3) is 0 Å². The zero-order chi connectivity index (χ0) is 6.10. The minimum absolute atomic E-state index is 0.749. The van der Waals surface area contributed by atoms with Gasteiger partial charge in [0.05, 0.1) is 6.17 Å². The predicted octanol–water partition coefficient (Wildman–Crippen LogP) is 0.402.